The van der Waals surface area contributed by atoms with Crippen molar-refractivity contribution in [1.29, 1.82) is 0 Å². The molecule has 0 aliphatic carbocycles. The van der Waals surface area contributed by atoms with Gasteiger partial charge in [0.1, 0.15) is 18.1 Å². The number of rotatable bonds is 8. The quantitative estimate of drug-likeness (QED) is 0.254. The molecule has 180 valence electrons. The molecule has 0 bridgehead atoms. The third-order valence-corrected chi connectivity index (χ3v) is 8.03. The zero-order valence-corrected chi connectivity index (χ0v) is 21.1. The molecule has 0 spiro atoms. The number of piperidine rings is 1. The van der Waals surface area contributed by atoms with E-state index in [1.54, 1.807) is 18.4 Å². The molecule has 35 heavy (non-hydrogen) atoms. The van der Waals surface area contributed by atoms with Gasteiger partial charge in [0.25, 0.3) is 0 Å². The summed E-state index contributed by atoms with van der Waals surface area (Å²) in [5.74, 6) is 2.45. The minimum Gasteiger partial charge on any atom is -0.497 e. The van der Waals surface area contributed by atoms with E-state index in [1.807, 2.05) is 60.7 Å². The Balaban J connectivity index is 1.36. The van der Waals surface area contributed by atoms with Gasteiger partial charge in [-0.25, -0.2) is 0 Å². The van der Waals surface area contributed by atoms with Gasteiger partial charge in [-0.3, -0.25) is 9.69 Å². The number of likely N-dealkylation sites (tertiary alicyclic amines) is 1. The minimum atomic E-state index is 0.0225. The lowest BCUT2D eigenvalue weighted by atomic mass is 9.97. The van der Waals surface area contributed by atoms with Crippen LogP contribution in [0.5, 0.6) is 11.5 Å². The first-order valence-electron chi connectivity index (χ1n) is 12.3. The maximum atomic E-state index is 13.8. The number of carbonyl (C=O) groups excluding carboxylic acids is 1. The third kappa shape index (κ3) is 5.26. The first-order chi connectivity index (χ1) is 17.1. The molecule has 4 nitrogen and oxygen atoms in total. The Labute approximate surface area is 211 Å². The average Bonchev–Trinajstić information content (AvgIpc) is 3.29. The van der Waals surface area contributed by atoms with Gasteiger partial charge in [-0.05, 0) is 79.9 Å². The van der Waals surface area contributed by atoms with Crippen molar-refractivity contribution in [2.45, 2.75) is 19.8 Å². The van der Waals surface area contributed by atoms with Gasteiger partial charge >= 0.3 is 0 Å². The molecular weight excluding hydrogens is 454 g/mol. The summed E-state index contributed by atoms with van der Waals surface area (Å²) in [7, 11) is 1.66. The largest absolute Gasteiger partial charge is 0.497 e. The van der Waals surface area contributed by atoms with Crippen LogP contribution in [-0.2, 0) is 0 Å². The highest BCUT2D eigenvalue weighted by Crippen LogP contribution is 2.41. The lowest BCUT2D eigenvalue weighted by Gasteiger charge is -2.29. The monoisotopic (exact) mass is 485 g/mol. The van der Waals surface area contributed by atoms with Gasteiger partial charge in [0.15, 0.2) is 5.78 Å². The number of ether oxygens (including phenoxy) is 2. The molecule has 0 atom stereocenters. The van der Waals surface area contributed by atoms with E-state index in [4.69, 9.17) is 9.47 Å². The number of carbonyl (C=O) groups is 1. The summed E-state index contributed by atoms with van der Waals surface area (Å²) in [5.41, 5.74) is 2.45. The lowest BCUT2D eigenvalue weighted by Crippen LogP contribution is -2.35. The minimum absolute atomic E-state index is 0.0225. The molecule has 2 heterocycles. The van der Waals surface area contributed by atoms with Gasteiger partial charge in [0.05, 0.1) is 7.11 Å². The molecule has 1 aliphatic heterocycles. The van der Waals surface area contributed by atoms with E-state index in [0.29, 0.717) is 12.2 Å². The Morgan fingerprint density at radius 1 is 0.971 bits per heavy atom. The van der Waals surface area contributed by atoms with E-state index >= 15 is 0 Å². The Bertz CT molecular complexity index is 1290. The SMILES string of the molecule is COc1ccc2c(C(=O)c3ccc(OCCN4CCC(C)CC4)cc3)c(-c3ccccc3)sc2c1. The highest BCUT2D eigenvalue weighted by atomic mass is 32.1. The third-order valence-electron chi connectivity index (χ3n) is 6.83. The van der Waals surface area contributed by atoms with E-state index in [9.17, 15) is 4.79 Å². The van der Waals surface area contributed by atoms with Crippen molar-refractivity contribution in [2.24, 2.45) is 5.92 Å². The molecule has 5 rings (SSSR count). The highest BCUT2D eigenvalue weighted by Gasteiger charge is 2.22. The van der Waals surface area contributed by atoms with Crippen molar-refractivity contribution in [2.75, 3.05) is 33.4 Å². The van der Waals surface area contributed by atoms with Crippen LogP contribution < -0.4 is 9.47 Å². The standard InChI is InChI=1S/C30H31NO3S/c1-21-14-16-31(17-15-21)18-19-34-24-10-8-22(9-11-24)29(32)28-26-13-12-25(33-2)20-27(26)35-30(28)23-6-4-3-5-7-23/h3-13,20-21H,14-19H2,1-2H3. The van der Waals surface area contributed by atoms with E-state index in [-0.39, 0.29) is 5.78 Å². The second-order valence-corrected chi connectivity index (χ2v) is 10.3. The number of hydrogen-bond donors (Lipinski definition) is 0. The zero-order chi connectivity index (χ0) is 24.2. The summed E-state index contributed by atoms with van der Waals surface area (Å²) in [4.78, 5) is 17.2. The fourth-order valence-electron chi connectivity index (χ4n) is 4.65. The smallest absolute Gasteiger partial charge is 0.195 e. The van der Waals surface area contributed by atoms with Crippen LogP contribution in [0.4, 0.5) is 0 Å². The van der Waals surface area contributed by atoms with Crippen LogP contribution >= 0.6 is 11.3 Å². The summed E-state index contributed by atoms with van der Waals surface area (Å²) >= 11 is 1.63. The molecule has 0 radical (unpaired) electrons. The molecule has 0 amide bonds. The van der Waals surface area contributed by atoms with Crippen LogP contribution in [0.25, 0.3) is 20.5 Å². The molecule has 1 aliphatic rings. The predicted molar refractivity (Wildman–Crippen MR) is 144 cm³/mol. The molecule has 1 aromatic heterocycles. The van der Waals surface area contributed by atoms with Gasteiger partial charge in [-0.15, -0.1) is 11.3 Å². The Hall–Kier alpha value is -3.15. The summed E-state index contributed by atoms with van der Waals surface area (Å²) in [6, 6.07) is 23.6. The van der Waals surface area contributed by atoms with E-state index in [1.165, 1.54) is 12.8 Å². The fourth-order valence-corrected chi connectivity index (χ4v) is 5.88. The van der Waals surface area contributed by atoms with Crippen LogP contribution in [0, 0.1) is 5.92 Å². The van der Waals surface area contributed by atoms with Crippen LogP contribution in [0.1, 0.15) is 35.7 Å². The molecule has 1 saturated heterocycles. The Morgan fingerprint density at radius 2 is 1.69 bits per heavy atom. The number of benzene rings is 3. The Kier molecular flexibility index (Phi) is 7.16. The van der Waals surface area contributed by atoms with Crippen molar-refractivity contribution < 1.29 is 14.3 Å². The average molecular weight is 486 g/mol. The van der Waals surface area contributed by atoms with Gasteiger partial charge in [-0.1, -0.05) is 37.3 Å². The van der Waals surface area contributed by atoms with Gasteiger partial charge in [0, 0.05) is 32.6 Å². The molecule has 4 aromatic rings. The summed E-state index contributed by atoms with van der Waals surface area (Å²) in [6.45, 7) is 6.24. The van der Waals surface area contributed by atoms with E-state index < -0.39 is 0 Å². The second-order valence-electron chi connectivity index (χ2n) is 9.26. The predicted octanol–water partition coefficient (Wildman–Crippen LogP) is 6.92. The number of nitrogens with zero attached hydrogens (tertiary/aromatic N) is 1. The summed E-state index contributed by atoms with van der Waals surface area (Å²) in [6.07, 6.45) is 2.54. The lowest BCUT2D eigenvalue weighted by molar-refractivity contribution is 0.104. The van der Waals surface area contributed by atoms with E-state index in [2.05, 4.69) is 24.0 Å². The van der Waals surface area contributed by atoms with E-state index in [0.717, 1.165) is 63.1 Å². The maximum absolute atomic E-state index is 13.8. The maximum Gasteiger partial charge on any atom is 0.195 e. The topological polar surface area (TPSA) is 38.8 Å². The zero-order valence-electron chi connectivity index (χ0n) is 20.3. The van der Waals surface area contributed by atoms with Crippen LogP contribution in [0.3, 0.4) is 0 Å². The first-order valence-corrected chi connectivity index (χ1v) is 13.1. The van der Waals surface area contributed by atoms with Gasteiger partial charge < -0.3 is 9.47 Å². The molecule has 0 saturated carbocycles. The van der Waals surface area contributed by atoms with Gasteiger partial charge in [-0.2, -0.15) is 0 Å². The van der Waals surface area contributed by atoms with Crippen LogP contribution in [0.15, 0.2) is 72.8 Å². The van der Waals surface area contributed by atoms with Crippen LogP contribution in [-0.4, -0.2) is 44.0 Å². The second kappa shape index (κ2) is 10.6. The molecule has 3 aromatic carbocycles. The number of ketones is 1. The Morgan fingerprint density at radius 3 is 2.40 bits per heavy atom. The number of methoxy groups -OCH3 is 1. The molecular formula is C30H31NO3S. The number of fused-ring (bicyclic) bond motifs is 1. The number of thiophene rings is 1. The van der Waals surface area contributed by atoms with Crippen LogP contribution in [0.2, 0.25) is 0 Å². The van der Waals surface area contributed by atoms with Crippen molar-refractivity contribution >= 4 is 27.2 Å². The molecule has 1 fully saturated rings. The molecule has 0 unspecified atom stereocenters. The molecule has 0 N–H and O–H groups in total. The summed E-state index contributed by atoms with van der Waals surface area (Å²) in [5, 5.41) is 0.954. The highest BCUT2D eigenvalue weighted by molar-refractivity contribution is 7.22. The normalized spacial score (nSPS) is 14.8. The van der Waals surface area contributed by atoms with Crippen molar-refractivity contribution in [1.82, 2.24) is 4.90 Å². The fraction of sp³-hybridized carbons (Fsp3) is 0.300. The van der Waals surface area contributed by atoms with Crippen molar-refractivity contribution in [3.8, 4) is 21.9 Å². The number of hydrogen-bond acceptors (Lipinski definition) is 5. The first kappa shape index (κ1) is 23.6. The van der Waals surface area contributed by atoms with Gasteiger partial charge in [0.2, 0.25) is 0 Å². The molecule has 5 heteroatoms. The van der Waals surface area contributed by atoms with Crippen molar-refractivity contribution in [3.05, 3.63) is 83.9 Å². The van der Waals surface area contributed by atoms with Crippen molar-refractivity contribution in [3.63, 3.8) is 0 Å². The summed E-state index contributed by atoms with van der Waals surface area (Å²) < 4.78 is 12.4.